The van der Waals surface area contributed by atoms with E-state index in [0.717, 1.165) is 22.8 Å². The largest absolute Gasteiger partial charge is 0.507 e. The molecular weight excluding hydrogens is 604 g/mol. The number of rotatable bonds is 4. The number of aromatic hydroxyl groups is 1. The molecule has 1 fully saturated rings. The Hall–Kier alpha value is -4.65. The zero-order valence-electron chi connectivity index (χ0n) is 25.1. The molecule has 2 aliphatic heterocycles. The highest BCUT2D eigenvalue weighted by molar-refractivity contribution is 7.91. The van der Waals surface area contributed by atoms with Crippen LogP contribution in [0.25, 0.3) is 28.0 Å². The number of sulfone groups is 1. The van der Waals surface area contributed by atoms with E-state index < -0.39 is 66.8 Å². The van der Waals surface area contributed by atoms with Gasteiger partial charge < -0.3 is 14.9 Å². The van der Waals surface area contributed by atoms with Crippen molar-refractivity contribution in [2.24, 2.45) is 0 Å². The number of phenolic OH excluding ortho intramolecular Hbond substituents is 1. The van der Waals surface area contributed by atoms with Gasteiger partial charge in [-0.15, -0.1) is 0 Å². The summed E-state index contributed by atoms with van der Waals surface area (Å²) < 4.78 is 60.2. The fourth-order valence-electron chi connectivity index (χ4n) is 6.44. The molecule has 3 aromatic heterocycles. The number of benzene rings is 1. The fourth-order valence-corrected chi connectivity index (χ4v) is 8.28. The van der Waals surface area contributed by atoms with Gasteiger partial charge in [-0.3, -0.25) is 19.1 Å². The van der Waals surface area contributed by atoms with Gasteiger partial charge in [0.15, 0.2) is 26.2 Å². The maximum Gasteiger partial charge on any atom is 0.277 e. The van der Waals surface area contributed by atoms with Gasteiger partial charge in [-0.1, -0.05) is 26.5 Å². The van der Waals surface area contributed by atoms with Crippen molar-refractivity contribution >= 4 is 32.5 Å². The number of carbonyl (C=O) groups is 1. The number of anilines is 1. The van der Waals surface area contributed by atoms with Crippen LogP contribution in [0.1, 0.15) is 37.9 Å². The summed E-state index contributed by atoms with van der Waals surface area (Å²) in [6, 6.07) is 5.04. The Morgan fingerprint density at radius 2 is 1.89 bits per heavy atom. The first-order valence-electron chi connectivity index (χ1n) is 14.4. The van der Waals surface area contributed by atoms with Crippen molar-refractivity contribution < 1.29 is 27.1 Å². The number of halogens is 2. The van der Waals surface area contributed by atoms with E-state index in [4.69, 9.17) is 0 Å². The second-order valence-corrected chi connectivity index (χ2v) is 13.8. The highest BCUT2D eigenvalue weighted by atomic mass is 32.2. The number of aryl methyl sites for hydroxylation is 1. The van der Waals surface area contributed by atoms with Crippen LogP contribution in [0.2, 0.25) is 0 Å². The van der Waals surface area contributed by atoms with Crippen LogP contribution in [-0.2, 0) is 14.6 Å². The summed E-state index contributed by atoms with van der Waals surface area (Å²) in [7, 11) is -4.28. The number of fused-ring (bicyclic) bond motifs is 5. The SMILES string of the molecule is C=CC(=O)N1CC2CS(=O)(=O)c3c(c4cc(F)c(-c5c(O)cccc5F)nc4n(-c4c(C)ccnc4C(C)C)c3=O)N2CC1C. The fraction of sp³-hybridized carbons (Fsp3) is 0.312. The lowest BCUT2D eigenvalue weighted by molar-refractivity contribution is -0.128. The number of piperazine rings is 1. The Bertz CT molecular complexity index is 2080. The number of carbonyl (C=O) groups excluding carboxylic acids is 1. The van der Waals surface area contributed by atoms with Crippen LogP contribution >= 0.6 is 0 Å². The monoisotopic (exact) mass is 635 g/mol. The summed E-state index contributed by atoms with van der Waals surface area (Å²) in [5.74, 6) is -3.56. The standard InChI is InChI=1S/C32H31F2N5O5S/c1-6-24(41)37-14-19-15-45(43,44)30-29(38(19)13-18(37)5)20-12-22(34)27(25-21(33)8-7-9-23(25)40)36-31(20)39(32(30)42)28-17(4)10-11-35-26(28)16(2)3/h6-12,16,18-19,40H,1,13-15H2,2-5H3. The third-order valence-electron chi connectivity index (χ3n) is 8.50. The molecule has 45 heavy (non-hydrogen) atoms. The molecule has 0 aliphatic carbocycles. The van der Waals surface area contributed by atoms with Gasteiger partial charge in [-0.2, -0.15) is 0 Å². The second-order valence-electron chi connectivity index (χ2n) is 11.8. The van der Waals surface area contributed by atoms with E-state index in [2.05, 4.69) is 16.5 Å². The van der Waals surface area contributed by atoms with Gasteiger partial charge in [0.25, 0.3) is 5.56 Å². The molecule has 2 aliphatic rings. The number of hydrogen-bond acceptors (Lipinski definition) is 8. The van der Waals surface area contributed by atoms with Crippen LogP contribution in [0.4, 0.5) is 14.5 Å². The zero-order valence-corrected chi connectivity index (χ0v) is 25.9. The minimum atomic E-state index is -4.28. The van der Waals surface area contributed by atoms with Crippen LogP contribution in [0.5, 0.6) is 5.75 Å². The summed E-state index contributed by atoms with van der Waals surface area (Å²) in [6.07, 6.45) is 2.73. The maximum atomic E-state index is 16.1. The third kappa shape index (κ3) is 4.68. The van der Waals surface area contributed by atoms with Crippen LogP contribution in [0.3, 0.4) is 0 Å². The molecule has 13 heteroatoms. The summed E-state index contributed by atoms with van der Waals surface area (Å²) in [5.41, 5.74) is -0.799. The van der Waals surface area contributed by atoms with Crippen LogP contribution < -0.4 is 10.5 Å². The summed E-state index contributed by atoms with van der Waals surface area (Å²) in [4.78, 5) is 38.9. The van der Waals surface area contributed by atoms with Crippen LogP contribution in [-0.4, -0.2) is 69.8 Å². The number of aromatic nitrogens is 3. The topological polar surface area (TPSA) is 126 Å². The lowest BCUT2D eigenvalue weighted by atomic mass is 10.0. The molecule has 0 bridgehead atoms. The minimum Gasteiger partial charge on any atom is -0.507 e. The molecule has 6 rings (SSSR count). The lowest BCUT2D eigenvalue weighted by Gasteiger charge is -2.48. The first-order chi connectivity index (χ1) is 21.3. The molecule has 1 saturated heterocycles. The Balaban J connectivity index is 1.77. The number of amides is 1. The van der Waals surface area contributed by atoms with Crippen molar-refractivity contribution in [3.05, 3.63) is 82.4 Å². The minimum absolute atomic E-state index is 0.00334. The van der Waals surface area contributed by atoms with Crippen molar-refractivity contribution in [2.75, 3.05) is 23.7 Å². The first kappa shape index (κ1) is 30.4. The second kappa shape index (κ2) is 10.8. The Kier molecular flexibility index (Phi) is 7.26. The highest BCUT2D eigenvalue weighted by Crippen LogP contribution is 2.42. The molecule has 0 spiro atoms. The number of nitrogens with zero attached hydrogens (tertiary/aromatic N) is 5. The summed E-state index contributed by atoms with van der Waals surface area (Å²) in [5, 5.41) is 10.5. The van der Waals surface area contributed by atoms with E-state index in [1.165, 1.54) is 17.0 Å². The molecule has 1 aromatic carbocycles. The van der Waals surface area contributed by atoms with Gasteiger partial charge in [-0.25, -0.2) is 22.2 Å². The molecule has 2 unspecified atom stereocenters. The Morgan fingerprint density at radius 1 is 1.16 bits per heavy atom. The van der Waals surface area contributed by atoms with E-state index in [9.17, 15) is 23.1 Å². The van der Waals surface area contributed by atoms with Gasteiger partial charge in [0.1, 0.15) is 17.3 Å². The Morgan fingerprint density at radius 3 is 2.56 bits per heavy atom. The molecule has 4 aromatic rings. The van der Waals surface area contributed by atoms with Crippen molar-refractivity contribution in [3.63, 3.8) is 0 Å². The molecule has 10 nitrogen and oxygen atoms in total. The molecule has 1 N–H and O–H groups in total. The normalized spacial score (nSPS) is 19.0. The van der Waals surface area contributed by atoms with Crippen molar-refractivity contribution in [1.82, 2.24) is 19.4 Å². The average molecular weight is 636 g/mol. The average Bonchev–Trinajstić information content (AvgIpc) is 2.97. The molecule has 5 heterocycles. The Labute approximate surface area is 258 Å². The zero-order chi connectivity index (χ0) is 32.5. The molecule has 0 radical (unpaired) electrons. The number of hydrogen-bond donors (Lipinski definition) is 1. The van der Waals surface area contributed by atoms with E-state index in [0.29, 0.717) is 11.3 Å². The summed E-state index contributed by atoms with van der Waals surface area (Å²) >= 11 is 0. The predicted octanol–water partition coefficient (Wildman–Crippen LogP) is 4.24. The molecule has 0 saturated carbocycles. The number of pyridine rings is 3. The molecule has 2 atom stereocenters. The quantitative estimate of drug-likeness (QED) is 0.330. The van der Waals surface area contributed by atoms with E-state index in [-0.39, 0.29) is 47.3 Å². The lowest BCUT2D eigenvalue weighted by Crippen LogP contribution is -2.63. The van der Waals surface area contributed by atoms with Gasteiger partial charge in [0.2, 0.25) is 5.91 Å². The van der Waals surface area contributed by atoms with Crippen molar-refractivity contribution in [1.29, 1.82) is 0 Å². The smallest absolute Gasteiger partial charge is 0.277 e. The van der Waals surface area contributed by atoms with Gasteiger partial charge >= 0.3 is 0 Å². The van der Waals surface area contributed by atoms with E-state index in [1.807, 2.05) is 13.8 Å². The molecule has 1 amide bonds. The van der Waals surface area contributed by atoms with Gasteiger partial charge in [0.05, 0.1) is 34.4 Å². The molecular formula is C32H31F2N5O5S. The number of phenols is 1. The predicted molar refractivity (Wildman–Crippen MR) is 166 cm³/mol. The van der Waals surface area contributed by atoms with Crippen molar-refractivity contribution in [3.8, 4) is 22.7 Å². The van der Waals surface area contributed by atoms with Crippen LogP contribution in [0, 0.1) is 18.6 Å². The first-order valence-corrected chi connectivity index (χ1v) is 16.1. The van der Waals surface area contributed by atoms with E-state index >= 15 is 8.78 Å². The summed E-state index contributed by atoms with van der Waals surface area (Å²) in [6.45, 7) is 11.0. The van der Waals surface area contributed by atoms with Gasteiger partial charge in [-0.05, 0) is 55.7 Å². The van der Waals surface area contributed by atoms with E-state index in [1.54, 1.807) is 31.0 Å². The van der Waals surface area contributed by atoms with Crippen molar-refractivity contribution in [2.45, 2.75) is 50.6 Å². The highest BCUT2D eigenvalue weighted by Gasteiger charge is 2.45. The molecule has 234 valence electrons. The van der Waals surface area contributed by atoms with Gasteiger partial charge in [0, 0.05) is 30.7 Å². The van der Waals surface area contributed by atoms with Crippen LogP contribution in [0.15, 0.2) is 58.9 Å². The maximum absolute atomic E-state index is 16.1. The third-order valence-corrected chi connectivity index (χ3v) is 10.3.